The van der Waals surface area contributed by atoms with Crippen molar-refractivity contribution in [2.24, 2.45) is 0 Å². The van der Waals surface area contributed by atoms with Crippen molar-refractivity contribution in [2.75, 3.05) is 19.8 Å². The number of nitrogens with zero attached hydrogens (tertiary/aromatic N) is 2. The van der Waals surface area contributed by atoms with E-state index in [0.717, 1.165) is 56.1 Å². The standard InChI is InChI=1S/C22H32N2O2S/c1-5-7-13-23(14-8-6-2)16-24-21(25)20(27-22(24)26)15-18-9-11-19(12-10-18)17(3)4/h9-12,15,17H,5-8,13-14,16H2,1-4H3/b20-15+. The molecule has 1 aromatic rings. The van der Waals surface area contributed by atoms with Crippen LogP contribution in [0.2, 0.25) is 0 Å². The van der Waals surface area contributed by atoms with Gasteiger partial charge in [-0.05, 0) is 60.8 Å². The summed E-state index contributed by atoms with van der Waals surface area (Å²) in [5, 5.41) is -0.164. The lowest BCUT2D eigenvalue weighted by molar-refractivity contribution is -0.124. The number of thioether (sulfide) groups is 1. The fourth-order valence-electron chi connectivity index (χ4n) is 2.97. The van der Waals surface area contributed by atoms with Gasteiger partial charge in [-0.2, -0.15) is 0 Å². The smallest absolute Gasteiger partial charge is 0.286 e. The molecule has 0 N–H and O–H groups in total. The third-order valence-electron chi connectivity index (χ3n) is 4.77. The van der Waals surface area contributed by atoms with Crippen molar-refractivity contribution in [1.29, 1.82) is 0 Å². The van der Waals surface area contributed by atoms with Gasteiger partial charge in [-0.3, -0.25) is 19.4 Å². The number of hydrogen-bond acceptors (Lipinski definition) is 4. The van der Waals surface area contributed by atoms with Gasteiger partial charge >= 0.3 is 0 Å². The van der Waals surface area contributed by atoms with Crippen LogP contribution in [-0.2, 0) is 4.79 Å². The number of benzene rings is 1. The molecule has 4 nitrogen and oxygen atoms in total. The molecule has 0 spiro atoms. The highest BCUT2D eigenvalue weighted by Gasteiger charge is 2.35. The van der Waals surface area contributed by atoms with Gasteiger partial charge in [-0.25, -0.2) is 0 Å². The minimum atomic E-state index is -0.170. The Kier molecular flexibility index (Phi) is 8.58. The predicted octanol–water partition coefficient (Wildman–Crippen LogP) is 5.71. The van der Waals surface area contributed by atoms with Gasteiger partial charge in [0.05, 0.1) is 11.6 Å². The summed E-state index contributed by atoms with van der Waals surface area (Å²) in [5.41, 5.74) is 2.22. The van der Waals surface area contributed by atoms with Crippen LogP contribution in [-0.4, -0.2) is 40.7 Å². The monoisotopic (exact) mass is 388 g/mol. The average molecular weight is 389 g/mol. The second-order valence-corrected chi connectivity index (χ2v) is 8.39. The molecular formula is C22H32N2O2S. The molecule has 0 saturated carbocycles. The fourth-order valence-corrected chi connectivity index (χ4v) is 3.80. The van der Waals surface area contributed by atoms with E-state index in [9.17, 15) is 9.59 Å². The van der Waals surface area contributed by atoms with E-state index in [0.29, 0.717) is 17.5 Å². The van der Waals surface area contributed by atoms with Gasteiger partial charge in [-0.15, -0.1) is 0 Å². The summed E-state index contributed by atoms with van der Waals surface area (Å²) in [4.78, 5) is 29.3. The number of rotatable bonds is 10. The minimum absolute atomic E-state index is 0.164. The van der Waals surface area contributed by atoms with E-state index in [2.05, 4.69) is 44.7 Å². The van der Waals surface area contributed by atoms with Crippen LogP contribution in [0, 0.1) is 0 Å². The first-order valence-corrected chi connectivity index (χ1v) is 10.9. The van der Waals surface area contributed by atoms with Crippen LogP contribution in [0.5, 0.6) is 0 Å². The van der Waals surface area contributed by atoms with Crippen LogP contribution < -0.4 is 0 Å². The molecule has 2 amide bonds. The quantitative estimate of drug-likeness (QED) is 0.482. The Morgan fingerprint density at radius 2 is 1.63 bits per heavy atom. The molecule has 1 aliphatic rings. The Bertz CT molecular complexity index is 659. The van der Waals surface area contributed by atoms with Crippen LogP contribution >= 0.6 is 11.8 Å². The van der Waals surface area contributed by atoms with Crippen molar-refractivity contribution in [3.63, 3.8) is 0 Å². The summed E-state index contributed by atoms with van der Waals surface area (Å²) < 4.78 is 0. The van der Waals surface area contributed by atoms with E-state index < -0.39 is 0 Å². The number of carbonyl (C=O) groups excluding carboxylic acids is 2. The Morgan fingerprint density at radius 3 is 2.15 bits per heavy atom. The maximum atomic E-state index is 12.8. The van der Waals surface area contributed by atoms with E-state index in [1.165, 1.54) is 10.5 Å². The zero-order chi connectivity index (χ0) is 19.8. The summed E-state index contributed by atoms with van der Waals surface area (Å²) in [6.45, 7) is 10.9. The van der Waals surface area contributed by atoms with Crippen molar-refractivity contribution in [3.8, 4) is 0 Å². The first kappa shape index (κ1) is 21.7. The molecule has 1 fully saturated rings. The first-order chi connectivity index (χ1) is 13.0. The lowest BCUT2D eigenvalue weighted by atomic mass is 10.0. The highest BCUT2D eigenvalue weighted by Crippen LogP contribution is 2.32. The molecule has 0 aromatic heterocycles. The lowest BCUT2D eigenvalue weighted by Gasteiger charge is -2.26. The molecule has 0 bridgehead atoms. The van der Waals surface area contributed by atoms with Crippen molar-refractivity contribution in [3.05, 3.63) is 40.3 Å². The first-order valence-electron chi connectivity index (χ1n) is 10.0. The summed E-state index contributed by atoms with van der Waals surface area (Å²) >= 11 is 1.05. The van der Waals surface area contributed by atoms with Crippen molar-refractivity contribution < 1.29 is 9.59 Å². The number of hydrogen-bond donors (Lipinski definition) is 0. The van der Waals surface area contributed by atoms with Crippen molar-refractivity contribution in [1.82, 2.24) is 9.80 Å². The Labute approximate surface area is 168 Å². The lowest BCUT2D eigenvalue weighted by Crippen LogP contribution is -2.41. The molecule has 27 heavy (non-hydrogen) atoms. The third-order valence-corrected chi connectivity index (χ3v) is 5.68. The third kappa shape index (κ3) is 6.22. The summed E-state index contributed by atoms with van der Waals surface area (Å²) in [6, 6.07) is 8.19. The van der Waals surface area contributed by atoms with E-state index in [1.807, 2.05) is 18.2 Å². The van der Waals surface area contributed by atoms with Gasteiger partial charge in [0.1, 0.15) is 0 Å². The summed E-state index contributed by atoms with van der Waals surface area (Å²) in [7, 11) is 0. The number of imide groups is 1. The zero-order valence-corrected chi connectivity index (χ0v) is 17.8. The van der Waals surface area contributed by atoms with Crippen LogP contribution in [0.15, 0.2) is 29.2 Å². The average Bonchev–Trinajstić information content (AvgIpc) is 2.91. The molecule has 1 aromatic carbocycles. The Balaban J connectivity index is 2.08. The molecule has 1 heterocycles. The summed E-state index contributed by atoms with van der Waals surface area (Å²) in [6.07, 6.45) is 6.21. The number of carbonyl (C=O) groups is 2. The van der Waals surface area contributed by atoms with Gasteiger partial charge in [0.25, 0.3) is 11.1 Å². The summed E-state index contributed by atoms with van der Waals surface area (Å²) in [5.74, 6) is 0.305. The van der Waals surface area contributed by atoms with Gasteiger partial charge in [0.2, 0.25) is 0 Å². The van der Waals surface area contributed by atoms with Gasteiger partial charge in [0.15, 0.2) is 0 Å². The van der Waals surface area contributed by atoms with Crippen LogP contribution in [0.3, 0.4) is 0 Å². The van der Waals surface area contributed by atoms with Crippen molar-refractivity contribution >= 4 is 29.0 Å². The molecule has 5 heteroatoms. The second-order valence-electron chi connectivity index (χ2n) is 7.40. The van der Waals surface area contributed by atoms with Gasteiger partial charge < -0.3 is 0 Å². The highest BCUT2D eigenvalue weighted by molar-refractivity contribution is 8.18. The molecule has 0 atom stereocenters. The molecular weight excluding hydrogens is 356 g/mol. The maximum Gasteiger partial charge on any atom is 0.294 e. The normalized spacial score (nSPS) is 16.4. The number of amides is 2. The Morgan fingerprint density at radius 1 is 1.04 bits per heavy atom. The number of unbranched alkanes of at least 4 members (excludes halogenated alkanes) is 2. The topological polar surface area (TPSA) is 40.6 Å². The van der Waals surface area contributed by atoms with E-state index in [1.54, 1.807) is 0 Å². The van der Waals surface area contributed by atoms with Gasteiger partial charge in [0, 0.05) is 0 Å². The van der Waals surface area contributed by atoms with Crippen LogP contribution in [0.1, 0.15) is 70.4 Å². The van der Waals surface area contributed by atoms with Gasteiger partial charge in [-0.1, -0.05) is 64.8 Å². The predicted molar refractivity (Wildman–Crippen MR) is 115 cm³/mol. The molecule has 0 unspecified atom stereocenters. The molecule has 1 saturated heterocycles. The molecule has 2 rings (SSSR count). The van der Waals surface area contributed by atoms with Crippen LogP contribution in [0.4, 0.5) is 4.79 Å². The molecule has 0 aliphatic carbocycles. The van der Waals surface area contributed by atoms with Crippen molar-refractivity contribution in [2.45, 2.75) is 59.3 Å². The highest BCUT2D eigenvalue weighted by atomic mass is 32.2. The molecule has 148 valence electrons. The van der Waals surface area contributed by atoms with E-state index >= 15 is 0 Å². The minimum Gasteiger partial charge on any atom is -0.286 e. The molecule has 1 aliphatic heterocycles. The maximum absolute atomic E-state index is 12.8. The van der Waals surface area contributed by atoms with Crippen LogP contribution in [0.25, 0.3) is 6.08 Å². The zero-order valence-electron chi connectivity index (χ0n) is 17.0. The SMILES string of the molecule is CCCCN(CCCC)CN1C(=O)S/C(=C/c2ccc(C(C)C)cc2)C1=O. The fraction of sp³-hybridized carbons (Fsp3) is 0.545. The molecule has 0 radical (unpaired) electrons. The largest absolute Gasteiger partial charge is 0.294 e. The Hall–Kier alpha value is -1.59. The second kappa shape index (κ2) is 10.7. The van der Waals surface area contributed by atoms with E-state index in [-0.39, 0.29) is 11.1 Å². The van der Waals surface area contributed by atoms with E-state index in [4.69, 9.17) is 0 Å².